The summed E-state index contributed by atoms with van der Waals surface area (Å²) in [5, 5.41) is 0. The van der Waals surface area contributed by atoms with E-state index in [1.165, 1.54) is 11.1 Å². The summed E-state index contributed by atoms with van der Waals surface area (Å²) in [5.74, 6) is 0.675. The Hall–Kier alpha value is -1.80. The smallest absolute Gasteiger partial charge is 0.0362 e. The molecule has 2 aromatic carbocycles. The maximum absolute atomic E-state index is 6.06. The molecule has 0 radical (unpaired) electrons. The van der Waals surface area contributed by atoms with Gasteiger partial charge in [-0.2, -0.15) is 0 Å². The summed E-state index contributed by atoms with van der Waals surface area (Å²) in [4.78, 5) is 2.49. The Bertz CT molecular complexity index is 544. The lowest BCUT2D eigenvalue weighted by molar-refractivity contribution is 0.101. The summed E-state index contributed by atoms with van der Waals surface area (Å²) in [6.07, 6.45) is 0. The zero-order chi connectivity index (χ0) is 13.2. The fourth-order valence-electron chi connectivity index (χ4n) is 2.85. The molecule has 2 aromatic rings. The minimum atomic E-state index is 0.404. The molecule has 0 spiro atoms. The zero-order valence-corrected chi connectivity index (χ0v) is 11.3. The minimum Gasteiger partial charge on any atom is -0.398 e. The fourth-order valence-corrected chi connectivity index (χ4v) is 2.85. The van der Waals surface area contributed by atoms with Gasteiger partial charge in [0.25, 0.3) is 0 Å². The van der Waals surface area contributed by atoms with Gasteiger partial charge in [-0.05, 0) is 24.1 Å². The van der Waals surface area contributed by atoms with Crippen LogP contribution in [-0.4, -0.2) is 18.0 Å². The highest BCUT2D eigenvalue weighted by Crippen LogP contribution is 2.35. The van der Waals surface area contributed by atoms with E-state index >= 15 is 0 Å². The molecule has 0 saturated carbocycles. The molecule has 19 heavy (non-hydrogen) atoms. The molecular formula is C17H20N2. The third kappa shape index (κ3) is 2.36. The Balaban J connectivity index is 1.66. The van der Waals surface area contributed by atoms with Gasteiger partial charge in [0.15, 0.2) is 0 Å². The van der Waals surface area contributed by atoms with E-state index in [4.69, 9.17) is 5.73 Å². The predicted molar refractivity (Wildman–Crippen MR) is 80.0 cm³/mol. The van der Waals surface area contributed by atoms with Crippen molar-refractivity contribution in [2.24, 2.45) is 0 Å². The molecule has 2 nitrogen and oxygen atoms in total. The molecule has 1 heterocycles. The van der Waals surface area contributed by atoms with Crippen LogP contribution in [0.4, 0.5) is 5.69 Å². The van der Waals surface area contributed by atoms with Crippen LogP contribution in [0.3, 0.4) is 0 Å². The molecule has 1 fully saturated rings. The van der Waals surface area contributed by atoms with Gasteiger partial charge >= 0.3 is 0 Å². The van der Waals surface area contributed by atoms with Crippen LogP contribution in [0.5, 0.6) is 0 Å². The number of hydrogen-bond acceptors (Lipinski definition) is 2. The molecule has 2 N–H and O–H groups in total. The summed E-state index contributed by atoms with van der Waals surface area (Å²) in [6, 6.07) is 19.4. The van der Waals surface area contributed by atoms with Crippen molar-refractivity contribution in [1.82, 2.24) is 4.90 Å². The summed E-state index contributed by atoms with van der Waals surface area (Å²) < 4.78 is 0. The number of rotatable bonds is 3. The quantitative estimate of drug-likeness (QED) is 0.848. The monoisotopic (exact) mass is 252 g/mol. The van der Waals surface area contributed by atoms with Crippen molar-refractivity contribution in [2.75, 3.05) is 18.8 Å². The standard InChI is InChI=1S/C17H20N2/c1-13(16-9-5-6-10-17(16)18)19-11-15(12-19)14-7-3-2-4-8-14/h2-10,13,15H,11-12,18H2,1H3. The molecular weight excluding hydrogens is 232 g/mol. The first kappa shape index (κ1) is 12.2. The van der Waals surface area contributed by atoms with Crippen molar-refractivity contribution >= 4 is 5.69 Å². The van der Waals surface area contributed by atoms with Crippen LogP contribution in [-0.2, 0) is 0 Å². The van der Waals surface area contributed by atoms with Crippen molar-refractivity contribution in [3.63, 3.8) is 0 Å². The van der Waals surface area contributed by atoms with E-state index in [1.54, 1.807) is 0 Å². The van der Waals surface area contributed by atoms with Crippen LogP contribution in [0.1, 0.15) is 30.0 Å². The molecule has 3 rings (SSSR count). The summed E-state index contributed by atoms with van der Waals surface area (Å²) in [7, 11) is 0. The number of nitrogens with zero attached hydrogens (tertiary/aromatic N) is 1. The van der Waals surface area contributed by atoms with E-state index in [0.29, 0.717) is 12.0 Å². The SMILES string of the molecule is CC(c1ccccc1N)N1CC(c2ccccc2)C1. The molecule has 1 aliphatic rings. The summed E-state index contributed by atoms with van der Waals surface area (Å²) in [5.41, 5.74) is 9.65. The summed E-state index contributed by atoms with van der Waals surface area (Å²) >= 11 is 0. The Morgan fingerprint density at radius 2 is 1.63 bits per heavy atom. The first-order valence-electron chi connectivity index (χ1n) is 6.89. The summed E-state index contributed by atoms with van der Waals surface area (Å²) in [6.45, 7) is 4.49. The third-order valence-corrected chi connectivity index (χ3v) is 4.17. The van der Waals surface area contributed by atoms with Crippen LogP contribution in [0, 0.1) is 0 Å². The molecule has 2 heteroatoms. The molecule has 0 aliphatic carbocycles. The van der Waals surface area contributed by atoms with Crippen LogP contribution in [0.25, 0.3) is 0 Å². The third-order valence-electron chi connectivity index (χ3n) is 4.17. The second kappa shape index (κ2) is 5.06. The largest absolute Gasteiger partial charge is 0.398 e. The number of para-hydroxylation sites is 1. The highest BCUT2D eigenvalue weighted by Gasteiger charge is 2.32. The van der Waals surface area contributed by atoms with Crippen molar-refractivity contribution in [3.05, 3.63) is 65.7 Å². The van der Waals surface area contributed by atoms with Crippen LogP contribution in [0.2, 0.25) is 0 Å². The Morgan fingerprint density at radius 3 is 2.32 bits per heavy atom. The maximum Gasteiger partial charge on any atom is 0.0362 e. The first-order valence-corrected chi connectivity index (χ1v) is 6.89. The normalized spacial score (nSPS) is 17.9. The van der Waals surface area contributed by atoms with E-state index in [1.807, 2.05) is 12.1 Å². The van der Waals surface area contributed by atoms with E-state index in [0.717, 1.165) is 18.8 Å². The zero-order valence-electron chi connectivity index (χ0n) is 11.3. The highest BCUT2D eigenvalue weighted by molar-refractivity contribution is 5.48. The molecule has 1 unspecified atom stereocenters. The molecule has 1 saturated heterocycles. The minimum absolute atomic E-state index is 0.404. The molecule has 0 aromatic heterocycles. The van der Waals surface area contributed by atoms with Crippen LogP contribution < -0.4 is 5.73 Å². The van der Waals surface area contributed by atoms with Gasteiger partial charge in [0.1, 0.15) is 0 Å². The first-order chi connectivity index (χ1) is 9.25. The topological polar surface area (TPSA) is 29.3 Å². The highest BCUT2D eigenvalue weighted by atomic mass is 15.2. The number of nitrogen functional groups attached to an aromatic ring is 1. The van der Waals surface area contributed by atoms with E-state index in [-0.39, 0.29) is 0 Å². The second-order valence-electron chi connectivity index (χ2n) is 5.37. The molecule has 98 valence electrons. The number of anilines is 1. The lowest BCUT2D eigenvalue weighted by Crippen LogP contribution is -2.46. The van der Waals surface area contributed by atoms with Crippen LogP contribution in [0.15, 0.2) is 54.6 Å². The van der Waals surface area contributed by atoms with Crippen molar-refractivity contribution in [3.8, 4) is 0 Å². The van der Waals surface area contributed by atoms with E-state index < -0.39 is 0 Å². The van der Waals surface area contributed by atoms with E-state index in [2.05, 4.69) is 54.3 Å². The van der Waals surface area contributed by atoms with Crippen molar-refractivity contribution in [2.45, 2.75) is 18.9 Å². The van der Waals surface area contributed by atoms with Gasteiger partial charge in [0.05, 0.1) is 0 Å². The average molecular weight is 252 g/mol. The number of likely N-dealkylation sites (tertiary alicyclic amines) is 1. The van der Waals surface area contributed by atoms with Gasteiger partial charge in [0, 0.05) is 30.7 Å². The lowest BCUT2D eigenvalue weighted by Gasteiger charge is -2.44. The molecule has 0 bridgehead atoms. The van der Waals surface area contributed by atoms with Gasteiger partial charge in [-0.3, -0.25) is 4.90 Å². The average Bonchev–Trinajstić information content (AvgIpc) is 2.38. The lowest BCUT2D eigenvalue weighted by atomic mass is 9.89. The molecule has 1 aliphatic heterocycles. The van der Waals surface area contributed by atoms with Gasteiger partial charge in [-0.15, -0.1) is 0 Å². The second-order valence-corrected chi connectivity index (χ2v) is 5.37. The number of benzene rings is 2. The predicted octanol–water partition coefficient (Wildman–Crippen LogP) is 3.43. The number of nitrogens with two attached hydrogens (primary N) is 1. The maximum atomic E-state index is 6.06. The van der Waals surface area contributed by atoms with Crippen LogP contribution >= 0.6 is 0 Å². The molecule has 1 atom stereocenters. The number of hydrogen-bond donors (Lipinski definition) is 1. The Labute approximate surface area is 114 Å². The Kier molecular flexibility index (Phi) is 3.26. The Morgan fingerprint density at radius 1 is 1.00 bits per heavy atom. The van der Waals surface area contributed by atoms with Crippen molar-refractivity contribution < 1.29 is 0 Å². The van der Waals surface area contributed by atoms with Gasteiger partial charge in [0.2, 0.25) is 0 Å². The van der Waals surface area contributed by atoms with Gasteiger partial charge in [-0.25, -0.2) is 0 Å². The van der Waals surface area contributed by atoms with Gasteiger partial charge < -0.3 is 5.73 Å². The fraction of sp³-hybridized carbons (Fsp3) is 0.294. The van der Waals surface area contributed by atoms with Gasteiger partial charge in [-0.1, -0.05) is 48.5 Å². The van der Waals surface area contributed by atoms with Crippen molar-refractivity contribution in [1.29, 1.82) is 0 Å². The molecule has 0 amide bonds. The van der Waals surface area contributed by atoms with E-state index in [9.17, 15) is 0 Å².